The van der Waals surface area contributed by atoms with Gasteiger partial charge in [0.05, 0.1) is 7.11 Å². The molecule has 0 unspecified atom stereocenters. The maximum Gasteiger partial charge on any atom is 0.513 e. The standard InChI is InChI=1S/C14H12O4/c1-17-14(16)18-13-8-4-11(5-9-13)10-2-6-12(15)7-3-10/h2-9,15H,1H3. The summed E-state index contributed by atoms with van der Waals surface area (Å²) in [4.78, 5) is 10.9. The van der Waals surface area contributed by atoms with E-state index in [1.54, 1.807) is 24.3 Å². The van der Waals surface area contributed by atoms with E-state index in [0.717, 1.165) is 11.1 Å². The zero-order chi connectivity index (χ0) is 13.0. The summed E-state index contributed by atoms with van der Waals surface area (Å²) in [5.74, 6) is 0.647. The van der Waals surface area contributed by atoms with Crippen LogP contribution >= 0.6 is 0 Å². The normalized spacial score (nSPS) is 9.83. The number of rotatable bonds is 2. The average molecular weight is 244 g/mol. The van der Waals surface area contributed by atoms with Crippen LogP contribution in [-0.4, -0.2) is 18.4 Å². The molecule has 92 valence electrons. The van der Waals surface area contributed by atoms with Gasteiger partial charge in [0, 0.05) is 0 Å². The summed E-state index contributed by atoms with van der Waals surface area (Å²) in [6.07, 6.45) is -0.743. The highest BCUT2D eigenvalue weighted by Gasteiger charge is 2.03. The number of methoxy groups -OCH3 is 1. The van der Waals surface area contributed by atoms with E-state index in [4.69, 9.17) is 4.74 Å². The molecule has 0 radical (unpaired) electrons. The van der Waals surface area contributed by atoms with Crippen LogP contribution in [0.25, 0.3) is 11.1 Å². The van der Waals surface area contributed by atoms with Gasteiger partial charge in [0.2, 0.25) is 0 Å². The summed E-state index contributed by atoms with van der Waals surface area (Å²) in [5.41, 5.74) is 1.93. The average Bonchev–Trinajstić information content (AvgIpc) is 2.40. The summed E-state index contributed by atoms with van der Waals surface area (Å²) in [6, 6.07) is 13.9. The number of carbonyl (C=O) groups is 1. The van der Waals surface area contributed by atoms with Crippen LogP contribution in [0.4, 0.5) is 4.79 Å². The van der Waals surface area contributed by atoms with Crippen LogP contribution in [0.3, 0.4) is 0 Å². The van der Waals surface area contributed by atoms with E-state index in [1.807, 2.05) is 24.3 Å². The molecule has 0 aliphatic rings. The number of hydrogen-bond donors (Lipinski definition) is 1. The molecular weight excluding hydrogens is 232 g/mol. The highest BCUT2D eigenvalue weighted by atomic mass is 16.7. The van der Waals surface area contributed by atoms with E-state index >= 15 is 0 Å². The fourth-order valence-corrected chi connectivity index (χ4v) is 1.51. The second-order valence-corrected chi connectivity index (χ2v) is 3.63. The molecule has 18 heavy (non-hydrogen) atoms. The minimum Gasteiger partial charge on any atom is -0.508 e. The van der Waals surface area contributed by atoms with E-state index in [0.29, 0.717) is 5.75 Å². The van der Waals surface area contributed by atoms with Crippen LogP contribution in [0.2, 0.25) is 0 Å². The van der Waals surface area contributed by atoms with Gasteiger partial charge in [0.1, 0.15) is 11.5 Å². The maximum absolute atomic E-state index is 10.9. The lowest BCUT2D eigenvalue weighted by Gasteiger charge is -2.05. The van der Waals surface area contributed by atoms with Crippen LogP contribution in [0, 0.1) is 0 Å². The number of phenolic OH excluding ortho intramolecular Hbond substituents is 1. The second-order valence-electron chi connectivity index (χ2n) is 3.63. The molecule has 4 nitrogen and oxygen atoms in total. The van der Waals surface area contributed by atoms with Crippen molar-refractivity contribution in [1.82, 2.24) is 0 Å². The minimum atomic E-state index is -0.743. The fourth-order valence-electron chi connectivity index (χ4n) is 1.51. The number of carbonyl (C=O) groups excluding carboxylic acids is 1. The lowest BCUT2D eigenvalue weighted by atomic mass is 10.1. The summed E-state index contributed by atoms with van der Waals surface area (Å²) in [7, 11) is 1.26. The molecule has 4 heteroatoms. The van der Waals surface area contributed by atoms with Crippen molar-refractivity contribution in [2.24, 2.45) is 0 Å². The number of aromatic hydroxyl groups is 1. The SMILES string of the molecule is COC(=O)Oc1ccc(-c2ccc(O)cc2)cc1. The Morgan fingerprint density at radius 3 is 1.94 bits per heavy atom. The van der Waals surface area contributed by atoms with Gasteiger partial charge in [-0.15, -0.1) is 0 Å². The largest absolute Gasteiger partial charge is 0.513 e. The van der Waals surface area contributed by atoms with Crippen molar-refractivity contribution < 1.29 is 19.4 Å². The quantitative estimate of drug-likeness (QED) is 0.651. The lowest BCUT2D eigenvalue weighted by Crippen LogP contribution is -2.06. The predicted molar refractivity (Wildman–Crippen MR) is 66.6 cm³/mol. The van der Waals surface area contributed by atoms with Gasteiger partial charge in [-0.1, -0.05) is 24.3 Å². The van der Waals surface area contributed by atoms with Crippen LogP contribution in [0.1, 0.15) is 0 Å². The summed E-state index contributed by atoms with van der Waals surface area (Å²) in [6.45, 7) is 0. The Hall–Kier alpha value is -2.49. The lowest BCUT2D eigenvalue weighted by molar-refractivity contribution is 0.121. The number of benzene rings is 2. The third kappa shape index (κ3) is 2.79. The third-order valence-electron chi connectivity index (χ3n) is 2.42. The highest BCUT2D eigenvalue weighted by Crippen LogP contribution is 2.24. The maximum atomic E-state index is 10.9. The van der Waals surface area contributed by atoms with Crippen LogP contribution in [-0.2, 0) is 4.74 Å². The van der Waals surface area contributed by atoms with E-state index < -0.39 is 6.16 Å². The second kappa shape index (κ2) is 5.23. The van der Waals surface area contributed by atoms with Crippen molar-refractivity contribution in [3.63, 3.8) is 0 Å². The Labute approximate surface area is 104 Å². The molecular formula is C14H12O4. The molecule has 0 aliphatic carbocycles. The molecule has 2 rings (SSSR count). The summed E-state index contributed by atoms with van der Waals surface area (Å²) < 4.78 is 9.27. The van der Waals surface area contributed by atoms with E-state index in [-0.39, 0.29) is 5.75 Å². The molecule has 0 heterocycles. The van der Waals surface area contributed by atoms with Crippen molar-refractivity contribution in [3.05, 3.63) is 48.5 Å². The molecule has 0 saturated carbocycles. The molecule has 0 atom stereocenters. The van der Waals surface area contributed by atoms with Gasteiger partial charge in [0.15, 0.2) is 0 Å². The first-order valence-corrected chi connectivity index (χ1v) is 5.34. The van der Waals surface area contributed by atoms with E-state index in [2.05, 4.69) is 4.74 Å². The molecule has 0 aromatic heterocycles. The Balaban J connectivity index is 2.17. The zero-order valence-electron chi connectivity index (χ0n) is 9.79. The van der Waals surface area contributed by atoms with Crippen molar-refractivity contribution in [3.8, 4) is 22.6 Å². The summed E-state index contributed by atoms with van der Waals surface area (Å²) in [5, 5.41) is 9.20. The van der Waals surface area contributed by atoms with Crippen molar-refractivity contribution in [1.29, 1.82) is 0 Å². The van der Waals surface area contributed by atoms with Crippen molar-refractivity contribution in [2.45, 2.75) is 0 Å². The van der Waals surface area contributed by atoms with Gasteiger partial charge < -0.3 is 14.6 Å². The van der Waals surface area contributed by atoms with Gasteiger partial charge in [0.25, 0.3) is 0 Å². The molecule has 0 amide bonds. The van der Waals surface area contributed by atoms with Crippen molar-refractivity contribution in [2.75, 3.05) is 7.11 Å². The van der Waals surface area contributed by atoms with Crippen LogP contribution < -0.4 is 4.74 Å². The van der Waals surface area contributed by atoms with Gasteiger partial charge in [-0.2, -0.15) is 0 Å². The number of ether oxygens (including phenoxy) is 2. The zero-order valence-corrected chi connectivity index (χ0v) is 9.79. The molecule has 2 aromatic rings. The molecule has 1 N–H and O–H groups in total. The first-order valence-electron chi connectivity index (χ1n) is 5.34. The van der Waals surface area contributed by atoms with Gasteiger partial charge >= 0.3 is 6.16 Å². The van der Waals surface area contributed by atoms with Crippen molar-refractivity contribution >= 4 is 6.16 Å². The van der Waals surface area contributed by atoms with Gasteiger partial charge in [-0.05, 0) is 35.4 Å². The third-order valence-corrected chi connectivity index (χ3v) is 2.42. The van der Waals surface area contributed by atoms with Gasteiger partial charge in [-0.3, -0.25) is 0 Å². The Bertz CT molecular complexity index is 529. The monoisotopic (exact) mass is 244 g/mol. The highest BCUT2D eigenvalue weighted by molar-refractivity contribution is 5.67. The first kappa shape index (κ1) is 12.0. The van der Waals surface area contributed by atoms with Crippen LogP contribution in [0.15, 0.2) is 48.5 Å². The summed E-state index contributed by atoms with van der Waals surface area (Å²) >= 11 is 0. The van der Waals surface area contributed by atoms with Crippen LogP contribution in [0.5, 0.6) is 11.5 Å². The van der Waals surface area contributed by atoms with Gasteiger partial charge in [-0.25, -0.2) is 4.79 Å². The molecule has 0 bridgehead atoms. The number of hydrogen-bond acceptors (Lipinski definition) is 4. The molecule has 0 saturated heterocycles. The fraction of sp³-hybridized carbons (Fsp3) is 0.0714. The molecule has 0 fully saturated rings. The minimum absolute atomic E-state index is 0.226. The smallest absolute Gasteiger partial charge is 0.508 e. The Morgan fingerprint density at radius 1 is 0.944 bits per heavy atom. The van der Waals surface area contributed by atoms with E-state index in [9.17, 15) is 9.90 Å². The Morgan fingerprint density at radius 2 is 1.44 bits per heavy atom. The first-order chi connectivity index (χ1) is 8.69. The molecule has 2 aromatic carbocycles. The molecule has 0 aliphatic heterocycles. The predicted octanol–water partition coefficient (Wildman–Crippen LogP) is 3.20. The topological polar surface area (TPSA) is 55.8 Å². The molecule has 0 spiro atoms. The van der Waals surface area contributed by atoms with E-state index in [1.165, 1.54) is 7.11 Å². The Kier molecular flexibility index (Phi) is 3.48. The number of phenols is 1.